The number of nitrogens with one attached hydrogen (secondary N) is 1. The number of quaternary nitrogens is 1. The summed E-state index contributed by atoms with van der Waals surface area (Å²) in [7, 11) is 1.32. The number of aliphatic hydroxyl groups is 1. The molecule has 0 spiro atoms. The van der Waals surface area contributed by atoms with Gasteiger partial charge in [0.05, 0.1) is 39.9 Å². The number of phosphoric acid groups is 1. The van der Waals surface area contributed by atoms with Gasteiger partial charge in [-0.05, 0) is 12.8 Å². The average molecular weight is 873 g/mol. The maximum absolute atomic E-state index is 12.9. The summed E-state index contributed by atoms with van der Waals surface area (Å²) in [5.41, 5.74) is 0. The van der Waals surface area contributed by atoms with E-state index in [0.29, 0.717) is 23.9 Å². The highest BCUT2D eigenvalue weighted by atomic mass is 31.2. The van der Waals surface area contributed by atoms with E-state index in [-0.39, 0.29) is 19.1 Å². The molecule has 8 nitrogen and oxygen atoms in total. The topological polar surface area (TPSA) is 108 Å². The SMILES string of the molecule is CCCCCCCCCCCCCCCCCCCCCCCCCCCCCC(O)C(COP(=O)([O-])OCC[N+](C)(C)C)NC(=O)CCCCCCCCCCCCC. The Morgan fingerprint density at radius 1 is 0.517 bits per heavy atom. The highest BCUT2D eigenvalue weighted by molar-refractivity contribution is 7.45. The van der Waals surface area contributed by atoms with Crippen molar-refractivity contribution in [2.24, 2.45) is 0 Å². The molecule has 0 heterocycles. The summed E-state index contributed by atoms with van der Waals surface area (Å²) in [6.07, 6.45) is 49.9. The third-order valence-corrected chi connectivity index (χ3v) is 13.3. The summed E-state index contributed by atoms with van der Waals surface area (Å²) < 4.78 is 23.3. The van der Waals surface area contributed by atoms with E-state index < -0.39 is 20.0 Å². The summed E-state index contributed by atoms with van der Waals surface area (Å²) in [4.78, 5) is 25.3. The highest BCUT2D eigenvalue weighted by Gasteiger charge is 2.24. The predicted octanol–water partition coefficient (Wildman–Crippen LogP) is 14.7. The zero-order valence-electron chi connectivity index (χ0n) is 40.9. The van der Waals surface area contributed by atoms with Gasteiger partial charge in [0.15, 0.2) is 0 Å². The van der Waals surface area contributed by atoms with Crippen LogP contribution in [0, 0.1) is 0 Å². The van der Waals surface area contributed by atoms with E-state index in [9.17, 15) is 19.4 Å². The van der Waals surface area contributed by atoms with E-state index in [4.69, 9.17) is 9.05 Å². The lowest BCUT2D eigenvalue weighted by atomic mass is 10.0. The van der Waals surface area contributed by atoms with Gasteiger partial charge in [0, 0.05) is 6.42 Å². The molecule has 0 bridgehead atoms. The smallest absolute Gasteiger partial charge is 0.268 e. The lowest BCUT2D eigenvalue weighted by Crippen LogP contribution is -2.46. The van der Waals surface area contributed by atoms with Crippen molar-refractivity contribution >= 4 is 13.7 Å². The number of aliphatic hydroxyl groups excluding tert-OH is 1. The van der Waals surface area contributed by atoms with Crippen molar-refractivity contribution in [1.29, 1.82) is 0 Å². The van der Waals surface area contributed by atoms with Gasteiger partial charge in [-0.15, -0.1) is 0 Å². The quantitative estimate of drug-likeness (QED) is 0.0358. The van der Waals surface area contributed by atoms with E-state index in [2.05, 4.69) is 19.2 Å². The van der Waals surface area contributed by atoms with Crippen molar-refractivity contribution in [1.82, 2.24) is 5.32 Å². The number of nitrogens with zero attached hydrogens (tertiary/aromatic N) is 1. The molecule has 0 aromatic carbocycles. The van der Waals surface area contributed by atoms with Crippen LogP contribution in [0.1, 0.15) is 271 Å². The van der Waals surface area contributed by atoms with Crippen LogP contribution in [0.25, 0.3) is 0 Å². The largest absolute Gasteiger partial charge is 0.756 e. The van der Waals surface area contributed by atoms with Gasteiger partial charge >= 0.3 is 0 Å². The van der Waals surface area contributed by atoms with Crippen molar-refractivity contribution < 1.29 is 32.9 Å². The number of amides is 1. The number of hydrogen-bond donors (Lipinski definition) is 2. The first kappa shape index (κ1) is 59.5. The Hall–Kier alpha value is -0.500. The Kier molecular flexibility index (Phi) is 43.4. The zero-order chi connectivity index (χ0) is 44.3. The molecule has 1 amide bonds. The van der Waals surface area contributed by atoms with Crippen LogP contribution >= 0.6 is 7.82 Å². The first-order valence-electron chi connectivity index (χ1n) is 26.4. The normalized spacial score (nSPS) is 14.1. The molecule has 0 saturated carbocycles. The third kappa shape index (κ3) is 45.5. The molecule has 0 fully saturated rings. The molecule has 0 aliphatic carbocycles. The van der Waals surface area contributed by atoms with Gasteiger partial charge in [-0.3, -0.25) is 9.36 Å². The zero-order valence-corrected chi connectivity index (χ0v) is 41.8. The van der Waals surface area contributed by atoms with E-state index in [1.165, 1.54) is 205 Å². The summed E-state index contributed by atoms with van der Waals surface area (Å²) in [5, 5.41) is 14.0. The summed E-state index contributed by atoms with van der Waals surface area (Å²) in [6, 6.07) is -0.793. The summed E-state index contributed by atoms with van der Waals surface area (Å²) in [5.74, 6) is -0.162. The van der Waals surface area contributed by atoms with Gasteiger partial charge in [-0.25, -0.2) is 0 Å². The van der Waals surface area contributed by atoms with Gasteiger partial charge < -0.3 is 28.8 Å². The Bertz CT molecular complexity index is 947. The molecule has 2 N–H and O–H groups in total. The molecular formula is C51H105N2O6P. The number of phosphoric ester groups is 1. The van der Waals surface area contributed by atoms with Gasteiger partial charge in [-0.2, -0.15) is 0 Å². The monoisotopic (exact) mass is 873 g/mol. The van der Waals surface area contributed by atoms with E-state index in [0.717, 1.165) is 38.5 Å². The molecule has 0 aromatic rings. The van der Waals surface area contributed by atoms with E-state index in [1.54, 1.807) is 0 Å². The maximum Gasteiger partial charge on any atom is 0.268 e. The summed E-state index contributed by atoms with van der Waals surface area (Å²) in [6.45, 7) is 4.75. The van der Waals surface area contributed by atoms with Crippen molar-refractivity contribution in [2.45, 2.75) is 283 Å². The van der Waals surface area contributed by atoms with E-state index >= 15 is 0 Å². The molecular weight excluding hydrogens is 768 g/mol. The van der Waals surface area contributed by atoms with Gasteiger partial charge in [0.2, 0.25) is 5.91 Å². The lowest BCUT2D eigenvalue weighted by Gasteiger charge is -2.30. The Labute approximate surface area is 374 Å². The lowest BCUT2D eigenvalue weighted by molar-refractivity contribution is -0.870. The molecule has 0 saturated heterocycles. The van der Waals surface area contributed by atoms with Gasteiger partial charge in [0.25, 0.3) is 7.82 Å². The van der Waals surface area contributed by atoms with Crippen molar-refractivity contribution in [3.8, 4) is 0 Å². The van der Waals surface area contributed by atoms with Crippen molar-refractivity contribution in [2.75, 3.05) is 40.9 Å². The maximum atomic E-state index is 12.9. The number of carbonyl (C=O) groups is 1. The minimum absolute atomic E-state index is 0.0162. The van der Waals surface area contributed by atoms with Crippen molar-refractivity contribution in [3.63, 3.8) is 0 Å². The first-order valence-corrected chi connectivity index (χ1v) is 27.8. The van der Waals surface area contributed by atoms with E-state index in [1.807, 2.05) is 21.1 Å². The molecule has 360 valence electrons. The summed E-state index contributed by atoms with van der Waals surface area (Å²) >= 11 is 0. The Morgan fingerprint density at radius 2 is 0.817 bits per heavy atom. The predicted molar refractivity (Wildman–Crippen MR) is 256 cm³/mol. The second kappa shape index (κ2) is 43.7. The van der Waals surface area contributed by atoms with Crippen LogP contribution in [0.15, 0.2) is 0 Å². The number of carbonyl (C=O) groups excluding carboxylic acids is 1. The molecule has 3 atom stereocenters. The number of unbranched alkanes of at least 4 members (excludes halogenated alkanes) is 36. The number of likely N-dealkylation sites (N-methyl/N-ethyl adjacent to an activating group) is 1. The third-order valence-electron chi connectivity index (χ3n) is 12.3. The number of rotatable bonds is 49. The van der Waals surface area contributed by atoms with Gasteiger partial charge in [0.1, 0.15) is 13.2 Å². The van der Waals surface area contributed by atoms with Crippen LogP contribution in [0.4, 0.5) is 0 Å². The highest BCUT2D eigenvalue weighted by Crippen LogP contribution is 2.38. The van der Waals surface area contributed by atoms with Crippen LogP contribution in [0.5, 0.6) is 0 Å². The van der Waals surface area contributed by atoms with Crippen LogP contribution in [-0.2, 0) is 18.4 Å². The van der Waals surface area contributed by atoms with Crippen molar-refractivity contribution in [3.05, 3.63) is 0 Å². The minimum atomic E-state index is -4.56. The Balaban J connectivity index is 4.05. The average Bonchev–Trinajstić information content (AvgIpc) is 3.20. The number of hydrogen-bond acceptors (Lipinski definition) is 6. The van der Waals surface area contributed by atoms with Crippen LogP contribution in [0.2, 0.25) is 0 Å². The first-order chi connectivity index (χ1) is 29.0. The standard InChI is InChI=1S/C51H105N2O6P/c1-6-8-10-12-14-16-18-19-20-21-22-23-24-25-26-27-28-29-30-31-32-33-35-36-38-40-42-44-50(54)49(48-59-60(56,57)58-47-46-53(3,4)5)52-51(55)45-43-41-39-37-34-17-15-13-11-9-7-2/h49-50,54H,6-48H2,1-5H3,(H-,52,55,56,57). The fourth-order valence-electron chi connectivity index (χ4n) is 8.16. The molecule has 9 heteroatoms. The minimum Gasteiger partial charge on any atom is -0.756 e. The van der Waals surface area contributed by atoms with Gasteiger partial charge in [-0.1, -0.05) is 251 Å². The van der Waals surface area contributed by atoms with Crippen LogP contribution in [-0.4, -0.2) is 68.5 Å². The molecule has 0 aliphatic rings. The molecule has 60 heavy (non-hydrogen) atoms. The molecule has 0 radical (unpaired) electrons. The molecule has 0 aliphatic heterocycles. The second-order valence-electron chi connectivity index (χ2n) is 19.6. The van der Waals surface area contributed by atoms with Crippen LogP contribution in [0.3, 0.4) is 0 Å². The second-order valence-corrected chi connectivity index (χ2v) is 21.0. The molecule has 3 unspecified atom stereocenters. The fraction of sp³-hybridized carbons (Fsp3) is 0.980. The Morgan fingerprint density at radius 3 is 1.13 bits per heavy atom. The molecule has 0 aromatic heterocycles. The fourth-order valence-corrected chi connectivity index (χ4v) is 8.88. The van der Waals surface area contributed by atoms with Crippen LogP contribution < -0.4 is 10.2 Å². The molecule has 0 rings (SSSR count).